The number of esters is 1. The van der Waals surface area contributed by atoms with Crippen LogP contribution in [-0.4, -0.2) is 37.9 Å². The van der Waals surface area contributed by atoms with Crippen LogP contribution in [0.2, 0.25) is 0 Å². The topological polar surface area (TPSA) is 47.6 Å². The van der Waals surface area contributed by atoms with E-state index in [0.717, 1.165) is 13.0 Å². The summed E-state index contributed by atoms with van der Waals surface area (Å²) < 4.78 is 10.4. The minimum Gasteiger partial charge on any atom is -0.465 e. The molecule has 0 aromatic rings. The SMILES string of the molecule is CCOC(=O)C(NC1CC1)C1CCOC1. The smallest absolute Gasteiger partial charge is 0.323 e. The van der Waals surface area contributed by atoms with E-state index in [0.29, 0.717) is 25.2 Å². The summed E-state index contributed by atoms with van der Waals surface area (Å²) in [6, 6.07) is 0.375. The van der Waals surface area contributed by atoms with Crippen LogP contribution < -0.4 is 5.32 Å². The van der Waals surface area contributed by atoms with E-state index in [9.17, 15) is 4.79 Å². The minimum atomic E-state index is -0.153. The maximum Gasteiger partial charge on any atom is 0.323 e. The summed E-state index contributed by atoms with van der Waals surface area (Å²) in [4.78, 5) is 11.8. The Hall–Kier alpha value is -0.610. The lowest BCUT2D eigenvalue weighted by molar-refractivity contribution is -0.147. The van der Waals surface area contributed by atoms with Crippen LogP contribution in [0.3, 0.4) is 0 Å². The van der Waals surface area contributed by atoms with Gasteiger partial charge in [0.05, 0.1) is 13.2 Å². The molecule has 15 heavy (non-hydrogen) atoms. The quantitative estimate of drug-likeness (QED) is 0.683. The van der Waals surface area contributed by atoms with Gasteiger partial charge in [0.2, 0.25) is 0 Å². The highest BCUT2D eigenvalue weighted by atomic mass is 16.5. The Morgan fingerprint density at radius 2 is 2.33 bits per heavy atom. The number of ether oxygens (including phenoxy) is 2. The van der Waals surface area contributed by atoms with Crippen LogP contribution in [0.25, 0.3) is 0 Å². The van der Waals surface area contributed by atoms with Crippen LogP contribution in [0.1, 0.15) is 26.2 Å². The predicted molar refractivity (Wildman–Crippen MR) is 55.5 cm³/mol. The third kappa shape index (κ3) is 2.92. The molecular weight excluding hydrogens is 194 g/mol. The lowest BCUT2D eigenvalue weighted by atomic mass is 9.99. The van der Waals surface area contributed by atoms with Gasteiger partial charge < -0.3 is 14.8 Å². The van der Waals surface area contributed by atoms with E-state index < -0.39 is 0 Å². The van der Waals surface area contributed by atoms with Crippen LogP contribution >= 0.6 is 0 Å². The van der Waals surface area contributed by atoms with Gasteiger partial charge >= 0.3 is 5.97 Å². The van der Waals surface area contributed by atoms with Gasteiger partial charge in [-0.3, -0.25) is 4.79 Å². The second-order valence-corrected chi connectivity index (χ2v) is 4.29. The second kappa shape index (κ2) is 4.94. The molecule has 1 aliphatic heterocycles. The van der Waals surface area contributed by atoms with Crippen molar-refractivity contribution in [2.75, 3.05) is 19.8 Å². The molecule has 86 valence electrons. The Bertz CT molecular complexity index is 222. The molecule has 2 atom stereocenters. The fraction of sp³-hybridized carbons (Fsp3) is 0.909. The summed E-state index contributed by atoms with van der Waals surface area (Å²) in [6.07, 6.45) is 3.33. The molecule has 1 aliphatic carbocycles. The lowest BCUT2D eigenvalue weighted by Gasteiger charge is -2.21. The number of hydrogen-bond acceptors (Lipinski definition) is 4. The molecule has 0 aromatic heterocycles. The van der Waals surface area contributed by atoms with Crippen molar-refractivity contribution in [2.24, 2.45) is 5.92 Å². The maximum absolute atomic E-state index is 11.8. The van der Waals surface area contributed by atoms with Crippen molar-refractivity contribution in [3.05, 3.63) is 0 Å². The zero-order valence-electron chi connectivity index (χ0n) is 9.20. The van der Waals surface area contributed by atoms with Crippen LogP contribution in [0.15, 0.2) is 0 Å². The van der Waals surface area contributed by atoms with Gasteiger partial charge in [-0.05, 0) is 26.2 Å². The Morgan fingerprint density at radius 3 is 2.87 bits per heavy atom. The molecule has 0 amide bonds. The summed E-state index contributed by atoms with van der Waals surface area (Å²) in [6.45, 7) is 3.75. The molecule has 0 spiro atoms. The van der Waals surface area contributed by atoms with Gasteiger partial charge in [-0.25, -0.2) is 0 Å². The molecule has 1 N–H and O–H groups in total. The summed E-state index contributed by atoms with van der Waals surface area (Å²) in [7, 11) is 0. The highest BCUT2D eigenvalue weighted by Gasteiger charge is 2.36. The Balaban J connectivity index is 1.90. The van der Waals surface area contributed by atoms with Crippen LogP contribution in [0.5, 0.6) is 0 Å². The molecule has 2 fully saturated rings. The Labute approximate surface area is 90.3 Å². The third-order valence-corrected chi connectivity index (χ3v) is 2.97. The number of hydrogen-bond donors (Lipinski definition) is 1. The predicted octanol–water partition coefficient (Wildman–Crippen LogP) is 0.707. The summed E-state index contributed by atoms with van der Waals surface area (Å²) in [5.41, 5.74) is 0. The van der Waals surface area contributed by atoms with E-state index in [4.69, 9.17) is 9.47 Å². The molecule has 1 saturated heterocycles. The van der Waals surface area contributed by atoms with E-state index >= 15 is 0 Å². The van der Waals surface area contributed by atoms with Gasteiger partial charge in [0.25, 0.3) is 0 Å². The first-order valence-electron chi connectivity index (χ1n) is 5.81. The van der Waals surface area contributed by atoms with Crippen molar-refractivity contribution in [2.45, 2.75) is 38.3 Å². The highest BCUT2D eigenvalue weighted by Crippen LogP contribution is 2.24. The number of carbonyl (C=O) groups excluding carboxylic acids is 1. The molecule has 0 radical (unpaired) electrons. The van der Waals surface area contributed by atoms with E-state index in [-0.39, 0.29) is 12.0 Å². The Morgan fingerprint density at radius 1 is 1.53 bits per heavy atom. The molecule has 4 nitrogen and oxygen atoms in total. The summed E-state index contributed by atoms with van der Waals surface area (Å²) in [5.74, 6) is 0.185. The van der Waals surface area contributed by atoms with Gasteiger partial charge in [0.15, 0.2) is 0 Å². The van der Waals surface area contributed by atoms with Gasteiger partial charge in [0, 0.05) is 18.6 Å². The van der Waals surface area contributed by atoms with Crippen LogP contribution in [0.4, 0.5) is 0 Å². The van der Waals surface area contributed by atoms with Gasteiger partial charge in [-0.2, -0.15) is 0 Å². The summed E-state index contributed by atoms with van der Waals surface area (Å²) in [5, 5.41) is 3.36. The number of nitrogens with one attached hydrogen (secondary N) is 1. The zero-order valence-corrected chi connectivity index (χ0v) is 9.20. The number of rotatable bonds is 5. The van der Waals surface area contributed by atoms with Gasteiger partial charge in [-0.15, -0.1) is 0 Å². The molecule has 1 heterocycles. The van der Waals surface area contributed by atoms with Crippen molar-refractivity contribution < 1.29 is 14.3 Å². The monoisotopic (exact) mass is 213 g/mol. The van der Waals surface area contributed by atoms with Gasteiger partial charge in [-0.1, -0.05) is 0 Å². The van der Waals surface area contributed by atoms with E-state index in [1.54, 1.807) is 0 Å². The van der Waals surface area contributed by atoms with E-state index in [1.807, 2.05) is 6.92 Å². The highest BCUT2D eigenvalue weighted by molar-refractivity contribution is 5.76. The van der Waals surface area contributed by atoms with Crippen LogP contribution in [-0.2, 0) is 14.3 Å². The molecule has 0 aromatic carbocycles. The number of carbonyl (C=O) groups is 1. The third-order valence-electron chi connectivity index (χ3n) is 2.97. The first-order valence-corrected chi connectivity index (χ1v) is 5.81. The van der Waals surface area contributed by atoms with E-state index in [1.165, 1.54) is 12.8 Å². The molecule has 2 unspecified atom stereocenters. The van der Waals surface area contributed by atoms with Crippen molar-refractivity contribution >= 4 is 5.97 Å². The van der Waals surface area contributed by atoms with E-state index in [2.05, 4.69) is 5.32 Å². The van der Waals surface area contributed by atoms with Crippen LogP contribution in [0, 0.1) is 5.92 Å². The second-order valence-electron chi connectivity index (χ2n) is 4.29. The Kier molecular flexibility index (Phi) is 3.59. The van der Waals surface area contributed by atoms with Gasteiger partial charge in [0.1, 0.15) is 6.04 Å². The minimum absolute atomic E-state index is 0.111. The van der Waals surface area contributed by atoms with Crippen molar-refractivity contribution in [3.63, 3.8) is 0 Å². The molecule has 0 bridgehead atoms. The molecule has 1 saturated carbocycles. The van der Waals surface area contributed by atoms with Crippen molar-refractivity contribution in [3.8, 4) is 0 Å². The molecule has 2 rings (SSSR count). The zero-order chi connectivity index (χ0) is 10.7. The average molecular weight is 213 g/mol. The first-order chi connectivity index (χ1) is 7.31. The molecular formula is C11H19NO3. The summed E-state index contributed by atoms with van der Waals surface area (Å²) >= 11 is 0. The molecule has 2 aliphatic rings. The average Bonchev–Trinajstić information content (AvgIpc) is 2.88. The fourth-order valence-electron chi connectivity index (χ4n) is 1.95. The van der Waals surface area contributed by atoms with Crippen molar-refractivity contribution in [1.82, 2.24) is 5.32 Å². The maximum atomic E-state index is 11.8. The first kappa shape index (κ1) is 10.9. The normalized spacial score (nSPS) is 27.7. The van der Waals surface area contributed by atoms with Crippen molar-refractivity contribution in [1.29, 1.82) is 0 Å². The molecule has 4 heteroatoms. The fourth-order valence-corrected chi connectivity index (χ4v) is 1.95. The standard InChI is InChI=1S/C11H19NO3/c1-2-15-11(13)10(12-9-3-4-9)8-5-6-14-7-8/h8-10,12H,2-7H2,1H3. The largest absolute Gasteiger partial charge is 0.465 e. The lowest BCUT2D eigenvalue weighted by Crippen LogP contribution is -2.45.